The lowest BCUT2D eigenvalue weighted by Gasteiger charge is -2.17. The van der Waals surface area contributed by atoms with Gasteiger partial charge in [0.2, 0.25) is 0 Å². The highest BCUT2D eigenvalue weighted by molar-refractivity contribution is 5.87. The molecule has 5 nitrogen and oxygen atoms in total. The largest absolute Gasteiger partial charge is 0.507 e. The molecule has 2 aromatic rings. The molecular formula is C20H20F3N3O2. The summed E-state index contributed by atoms with van der Waals surface area (Å²) >= 11 is 0. The summed E-state index contributed by atoms with van der Waals surface area (Å²) in [6.07, 6.45) is -0.586. The van der Waals surface area contributed by atoms with Crippen LogP contribution in [0.5, 0.6) is 5.75 Å². The van der Waals surface area contributed by atoms with E-state index in [0.29, 0.717) is 29.3 Å². The number of anilines is 1. The van der Waals surface area contributed by atoms with Gasteiger partial charge in [0.25, 0.3) is 0 Å². The normalized spacial score (nSPS) is 24.4. The van der Waals surface area contributed by atoms with E-state index in [1.807, 2.05) is 0 Å². The summed E-state index contributed by atoms with van der Waals surface area (Å²) in [5.41, 5.74) is 6.57. The Morgan fingerprint density at radius 1 is 1.29 bits per heavy atom. The molecule has 1 saturated heterocycles. The molecule has 1 aliphatic carbocycles. The number of hydrogen-bond donors (Lipinski definition) is 2. The monoisotopic (exact) mass is 391 g/mol. The third-order valence-electron chi connectivity index (χ3n) is 5.42. The standard InChI is InChI=1S/C20H20F3N3O2/c1-10-4-13(20(21,22)23)6-17(27)18(10)15-3-2-11(19(24)26-15)8-25-16-7-14-5-12(16)9-28-14/h2-4,6,8,12,14,16,27H,5,7,9H2,1H3,(H2,24,26)/t12-,14-,16+/m0/s1. The van der Waals surface area contributed by atoms with Gasteiger partial charge < -0.3 is 15.6 Å². The van der Waals surface area contributed by atoms with Crippen LogP contribution in [0.4, 0.5) is 19.0 Å². The number of nitrogens with two attached hydrogens (primary N) is 1. The van der Waals surface area contributed by atoms with E-state index in [4.69, 9.17) is 10.5 Å². The van der Waals surface area contributed by atoms with Gasteiger partial charge >= 0.3 is 6.18 Å². The average Bonchev–Trinajstić information content (AvgIpc) is 3.22. The van der Waals surface area contributed by atoms with Crippen molar-refractivity contribution in [3.05, 3.63) is 41.0 Å². The van der Waals surface area contributed by atoms with Crippen LogP contribution in [-0.4, -0.2) is 35.1 Å². The summed E-state index contributed by atoms with van der Waals surface area (Å²) in [5.74, 6) is 0.170. The number of alkyl halides is 3. The average molecular weight is 391 g/mol. The SMILES string of the molecule is Cc1cc(C(F)(F)F)cc(O)c1-c1ccc(C=N[C@@H]2C[C@@H]3C[C@H]2CO3)c(N)n1. The fraction of sp³-hybridized carbons (Fsp3) is 0.400. The van der Waals surface area contributed by atoms with Crippen molar-refractivity contribution in [3.8, 4) is 17.0 Å². The minimum absolute atomic E-state index is 0.208. The first kappa shape index (κ1) is 18.7. The minimum atomic E-state index is -4.53. The number of pyridine rings is 1. The van der Waals surface area contributed by atoms with Crippen LogP contribution in [0, 0.1) is 12.8 Å². The van der Waals surface area contributed by atoms with Crippen LogP contribution in [0.1, 0.15) is 29.5 Å². The predicted molar refractivity (Wildman–Crippen MR) is 99.3 cm³/mol. The Morgan fingerprint density at radius 3 is 2.64 bits per heavy atom. The van der Waals surface area contributed by atoms with E-state index in [0.717, 1.165) is 25.5 Å². The molecule has 0 spiro atoms. The Kier molecular flexibility index (Phi) is 4.53. The Balaban J connectivity index is 1.60. The number of aromatic nitrogens is 1. The van der Waals surface area contributed by atoms with Gasteiger partial charge in [-0.05, 0) is 49.6 Å². The van der Waals surface area contributed by atoms with Crippen molar-refractivity contribution in [3.63, 3.8) is 0 Å². The Labute approximate surface area is 160 Å². The summed E-state index contributed by atoms with van der Waals surface area (Å²) in [6, 6.07) is 5.24. The number of aryl methyl sites for hydroxylation is 1. The molecule has 2 bridgehead atoms. The highest BCUT2D eigenvalue weighted by atomic mass is 19.4. The van der Waals surface area contributed by atoms with E-state index >= 15 is 0 Å². The first-order valence-electron chi connectivity index (χ1n) is 9.05. The van der Waals surface area contributed by atoms with Crippen LogP contribution < -0.4 is 5.73 Å². The lowest BCUT2D eigenvalue weighted by Crippen LogP contribution is -2.21. The fourth-order valence-corrected chi connectivity index (χ4v) is 3.99. The van der Waals surface area contributed by atoms with E-state index in [2.05, 4.69) is 9.98 Å². The molecule has 1 aliphatic heterocycles. The van der Waals surface area contributed by atoms with Crippen LogP contribution in [-0.2, 0) is 10.9 Å². The number of fused-ring (bicyclic) bond motifs is 2. The second kappa shape index (κ2) is 6.77. The summed E-state index contributed by atoms with van der Waals surface area (Å²) < 4.78 is 44.3. The van der Waals surface area contributed by atoms with Crippen LogP contribution in [0.3, 0.4) is 0 Å². The van der Waals surface area contributed by atoms with Crippen molar-refractivity contribution in [1.82, 2.24) is 4.98 Å². The summed E-state index contributed by atoms with van der Waals surface area (Å²) in [5, 5.41) is 10.1. The Bertz CT molecular complexity index is 920. The molecule has 1 saturated carbocycles. The van der Waals surface area contributed by atoms with Gasteiger partial charge in [-0.2, -0.15) is 13.2 Å². The predicted octanol–water partition coefficient (Wildman–Crippen LogP) is 3.96. The van der Waals surface area contributed by atoms with Gasteiger partial charge in [0.1, 0.15) is 11.6 Å². The molecule has 0 unspecified atom stereocenters. The maximum atomic E-state index is 12.9. The van der Waals surface area contributed by atoms with Gasteiger partial charge in [-0.15, -0.1) is 0 Å². The maximum Gasteiger partial charge on any atom is 0.416 e. The van der Waals surface area contributed by atoms with E-state index in [1.54, 1.807) is 18.3 Å². The van der Waals surface area contributed by atoms with Gasteiger partial charge in [-0.25, -0.2) is 4.98 Å². The fourth-order valence-electron chi connectivity index (χ4n) is 3.99. The number of phenols is 1. The van der Waals surface area contributed by atoms with Crippen molar-refractivity contribution in [1.29, 1.82) is 0 Å². The number of phenolic OH excluding ortho intramolecular Hbond substituents is 1. The number of nitrogens with zero attached hydrogens (tertiary/aromatic N) is 2. The number of nitrogen functional groups attached to an aromatic ring is 1. The first-order valence-corrected chi connectivity index (χ1v) is 9.05. The van der Waals surface area contributed by atoms with Crippen molar-refractivity contribution in [2.24, 2.45) is 10.9 Å². The smallest absolute Gasteiger partial charge is 0.416 e. The van der Waals surface area contributed by atoms with Crippen molar-refractivity contribution in [2.75, 3.05) is 12.3 Å². The topological polar surface area (TPSA) is 80.7 Å². The maximum absolute atomic E-state index is 12.9. The van der Waals surface area contributed by atoms with E-state index in [9.17, 15) is 18.3 Å². The molecule has 2 fully saturated rings. The van der Waals surface area contributed by atoms with Gasteiger partial charge in [0.05, 0.1) is 30.0 Å². The summed E-state index contributed by atoms with van der Waals surface area (Å²) in [4.78, 5) is 8.88. The molecule has 3 N–H and O–H groups in total. The highest BCUT2D eigenvalue weighted by Gasteiger charge is 2.40. The molecule has 2 aliphatic rings. The molecule has 2 heterocycles. The lowest BCUT2D eigenvalue weighted by atomic mass is 10.00. The van der Waals surface area contributed by atoms with Crippen molar-refractivity contribution in [2.45, 2.75) is 38.1 Å². The molecule has 1 aromatic heterocycles. The zero-order chi connectivity index (χ0) is 20.1. The van der Waals surface area contributed by atoms with E-state index in [1.165, 1.54) is 6.92 Å². The van der Waals surface area contributed by atoms with Crippen LogP contribution >= 0.6 is 0 Å². The number of benzene rings is 1. The molecule has 1 aromatic carbocycles. The van der Waals surface area contributed by atoms with Crippen LogP contribution in [0.15, 0.2) is 29.3 Å². The second-order valence-electron chi connectivity index (χ2n) is 7.39. The second-order valence-corrected chi connectivity index (χ2v) is 7.39. The first-order chi connectivity index (χ1) is 13.2. The molecule has 4 rings (SSSR count). The Morgan fingerprint density at radius 2 is 2.07 bits per heavy atom. The van der Waals surface area contributed by atoms with Crippen molar-refractivity contribution >= 4 is 12.0 Å². The molecule has 0 amide bonds. The summed E-state index contributed by atoms with van der Waals surface area (Å²) in [6.45, 7) is 2.24. The van der Waals surface area contributed by atoms with Crippen molar-refractivity contribution < 1.29 is 23.0 Å². The minimum Gasteiger partial charge on any atom is -0.507 e. The third-order valence-corrected chi connectivity index (χ3v) is 5.42. The molecule has 28 heavy (non-hydrogen) atoms. The van der Waals surface area contributed by atoms with Gasteiger partial charge in [0, 0.05) is 23.3 Å². The number of aliphatic imine (C=N–C) groups is 1. The molecular weight excluding hydrogens is 371 g/mol. The van der Waals surface area contributed by atoms with Crippen LogP contribution in [0.2, 0.25) is 0 Å². The van der Waals surface area contributed by atoms with E-state index < -0.39 is 17.5 Å². The number of ether oxygens (including phenoxy) is 1. The number of rotatable bonds is 3. The number of halogens is 3. The number of aromatic hydroxyl groups is 1. The lowest BCUT2D eigenvalue weighted by molar-refractivity contribution is -0.137. The third kappa shape index (κ3) is 3.44. The Hall–Kier alpha value is -2.61. The molecule has 3 atom stereocenters. The van der Waals surface area contributed by atoms with Gasteiger partial charge in [-0.1, -0.05) is 0 Å². The quantitative estimate of drug-likeness (QED) is 0.776. The van der Waals surface area contributed by atoms with E-state index in [-0.39, 0.29) is 23.0 Å². The zero-order valence-corrected chi connectivity index (χ0v) is 15.2. The summed E-state index contributed by atoms with van der Waals surface area (Å²) in [7, 11) is 0. The molecule has 8 heteroatoms. The van der Waals surface area contributed by atoms with Gasteiger partial charge in [0.15, 0.2) is 0 Å². The number of hydrogen-bond acceptors (Lipinski definition) is 5. The molecule has 0 radical (unpaired) electrons. The van der Waals surface area contributed by atoms with Gasteiger partial charge in [-0.3, -0.25) is 4.99 Å². The molecule has 148 valence electrons. The van der Waals surface area contributed by atoms with Crippen LogP contribution in [0.25, 0.3) is 11.3 Å². The zero-order valence-electron chi connectivity index (χ0n) is 15.2. The highest BCUT2D eigenvalue weighted by Crippen LogP contribution is 2.39.